The van der Waals surface area contributed by atoms with Crippen molar-refractivity contribution in [1.82, 2.24) is 19.2 Å². The molecule has 8 nitrogen and oxygen atoms in total. The molecule has 3 aromatic heterocycles. The van der Waals surface area contributed by atoms with Gasteiger partial charge in [-0.15, -0.1) is 21.5 Å². The molecule has 0 aliphatic carbocycles. The number of nitrogens with zero attached hydrogens (tertiary/aromatic N) is 5. The van der Waals surface area contributed by atoms with Gasteiger partial charge in [-0.3, -0.25) is 4.79 Å². The van der Waals surface area contributed by atoms with Crippen LogP contribution >= 0.6 is 11.3 Å². The van der Waals surface area contributed by atoms with Gasteiger partial charge in [0.25, 0.3) is 0 Å². The highest BCUT2D eigenvalue weighted by Gasteiger charge is 2.42. The van der Waals surface area contributed by atoms with E-state index in [2.05, 4.69) is 10.2 Å². The van der Waals surface area contributed by atoms with Gasteiger partial charge in [-0.1, -0.05) is 54.6 Å². The summed E-state index contributed by atoms with van der Waals surface area (Å²) in [5.74, 6) is -0.626. The third kappa shape index (κ3) is 3.70. The quantitative estimate of drug-likeness (QED) is 0.310. The van der Waals surface area contributed by atoms with Gasteiger partial charge in [0.15, 0.2) is 11.5 Å². The summed E-state index contributed by atoms with van der Waals surface area (Å²) in [5, 5.41) is 10.9. The largest absolute Gasteiger partial charge is 0.465 e. The summed E-state index contributed by atoms with van der Waals surface area (Å²) in [7, 11) is 0. The number of carbonyl (C=O) groups is 1. The van der Waals surface area contributed by atoms with Crippen LogP contribution in [0.3, 0.4) is 0 Å². The third-order valence-corrected chi connectivity index (χ3v) is 7.44. The molecule has 0 spiro atoms. The van der Waals surface area contributed by atoms with Crippen molar-refractivity contribution in [3.63, 3.8) is 0 Å². The molecule has 0 N–H and O–H groups in total. The first-order chi connectivity index (χ1) is 18.1. The Morgan fingerprint density at radius 2 is 1.73 bits per heavy atom. The molecular weight excluding hydrogens is 486 g/mol. The highest BCUT2D eigenvalue weighted by atomic mass is 32.1. The van der Waals surface area contributed by atoms with Crippen molar-refractivity contribution in [3.05, 3.63) is 99.8 Å². The summed E-state index contributed by atoms with van der Waals surface area (Å²) in [6.45, 7) is 3.85. The Kier molecular flexibility index (Phi) is 5.77. The second-order valence-electron chi connectivity index (χ2n) is 8.72. The van der Waals surface area contributed by atoms with Crippen LogP contribution < -0.4 is 5.69 Å². The zero-order chi connectivity index (χ0) is 25.5. The van der Waals surface area contributed by atoms with E-state index in [1.54, 1.807) is 11.5 Å². The van der Waals surface area contributed by atoms with Crippen LogP contribution in [0.1, 0.15) is 30.9 Å². The summed E-state index contributed by atoms with van der Waals surface area (Å²) in [4.78, 5) is 33.2. The van der Waals surface area contributed by atoms with Crippen LogP contribution in [0.15, 0.2) is 88.0 Å². The fraction of sp³-hybridized carbons (Fsp3) is 0.179. The Balaban J connectivity index is 1.77. The SMILES string of the molecule is CCOC(=O)C1C(C)=Nc2c(c3nnc(-c4cccs4)n3c(=O)n2-c2ccccc2)C1c1ccccc1. The molecule has 1 aliphatic heterocycles. The monoisotopic (exact) mass is 509 g/mol. The average Bonchev–Trinajstić information content (AvgIpc) is 3.60. The Bertz CT molecular complexity index is 1690. The number of ether oxygens (including phenoxy) is 1. The number of fused-ring (bicyclic) bond motifs is 3. The molecule has 2 atom stereocenters. The summed E-state index contributed by atoms with van der Waals surface area (Å²) in [5.41, 5.74) is 2.85. The molecule has 0 saturated carbocycles. The number of aromatic nitrogens is 4. The number of esters is 1. The van der Waals surface area contributed by atoms with Crippen molar-refractivity contribution in [1.29, 1.82) is 0 Å². The van der Waals surface area contributed by atoms with Gasteiger partial charge in [0, 0.05) is 17.2 Å². The maximum atomic E-state index is 14.1. The number of hydrogen-bond donors (Lipinski definition) is 0. The van der Waals surface area contributed by atoms with Crippen LogP contribution in [-0.4, -0.2) is 37.5 Å². The summed E-state index contributed by atoms with van der Waals surface area (Å²) in [6.07, 6.45) is 0. The van der Waals surface area contributed by atoms with Crippen molar-refractivity contribution in [2.45, 2.75) is 19.8 Å². The molecule has 0 amide bonds. The van der Waals surface area contributed by atoms with Gasteiger partial charge in [-0.2, -0.15) is 0 Å². The van der Waals surface area contributed by atoms with Crippen molar-refractivity contribution in [2.75, 3.05) is 6.61 Å². The second kappa shape index (κ2) is 9.25. The fourth-order valence-corrected chi connectivity index (χ4v) is 5.72. The Hall–Kier alpha value is -4.37. The molecule has 0 radical (unpaired) electrons. The first-order valence-corrected chi connectivity index (χ1v) is 12.9. The average molecular weight is 510 g/mol. The van der Waals surface area contributed by atoms with Gasteiger partial charge in [-0.25, -0.2) is 18.8 Å². The number of aliphatic imine (C=N–C) groups is 1. The molecule has 0 saturated heterocycles. The summed E-state index contributed by atoms with van der Waals surface area (Å²) in [6, 6.07) is 22.9. The zero-order valence-corrected chi connectivity index (χ0v) is 21.1. The maximum Gasteiger partial charge on any atom is 0.342 e. The second-order valence-corrected chi connectivity index (χ2v) is 9.67. The van der Waals surface area contributed by atoms with E-state index in [-0.39, 0.29) is 18.3 Å². The van der Waals surface area contributed by atoms with E-state index < -0.39 is 11.8 Å². The number of hydrogen-bond acceptors (Lipinski definition) is 7. The van der Waals surface area contributed by atoms with Crippen LogP contribution in [0.5, 0.6) is 0 Å². The lowest BCUT2D eigenvalue weighted by Crippen LogP contribution is -2.37. The minimum Gasteiger partial charge on any atom is -0.465 e. The number of thiophene rings is 1. The molecule has 0 fully saturated rings. The van der Waals surface area contributed by atoms with Crippen LogP contribution in [0.4, 0.5) is 5.82 Å². The van der Waals surface area contributed by atoms with Crippen molar-refractivity contribution in [2.24, 2.45) is 10.9 Å². The van der Waals surface area contributed by atoms with Crippen LogP contribution in [0.25, 0.3) is 22.0 Å². The zero-order valence-electron chi connectivity index (χ0n) is 20.2. The first-order valence-electron chi connectivity index (χ1n) is 12.0. The Labute approximate surface area is 216 Å². The highest BCUT2D eigenvalue weighted by Crippen LogP contribution is 2.45. The smallest absolute Gasteiger partial charge is 0.342 e. The van der Waals surface area contributed by atoms with E-state index >= 15 is 0 Å². The standard InChI is InChI=1S/C28H23N5O3S/c1-3-36-27(34)21-17(2)29-25-23(22(21)18-11-6-4-7-12-18)26-31-30-24(20-15-10-16-37-20)33(26)28(35)32(25)19-13-8-5-9-14-19/h4-16,21-22H,3H2,1-2H3. The van der Waals surface area contributed by atoms with E-state index in [9.17, 15) is 9.59 Å². The minimum absolute atomic E-state index is 0.253. The lowest BCUT2D eigenvalue weighted by atomic mass is 9.77. The lowest BCUT2D eigenvalue weighted by molar-refractivity contribution is -0.146. The number of benzene rings is 2. The fourth-order valence-electron chi connectivity index (χ4n) is 5.02. The molecule has 2 aromatic carbocycles. The molecule has 2 unspecified atom stereocenters. The molecule has 1 aliphatic rings. The van der Waals surface area contributed by atoms with Gasteiger partial charge >= 0.3 is 11.7 Å². The summed E-state index contributed by atoms with van der Waals surface area (Å²) >= 11 is 1.48. The van der Waals surface area contributed by atoms with E-state index in [0.717, 1.165) is 10.4 Å². The number of rotatable bonds is 5. The molecule has 4 heterocycles. The Morgan fingerprint density at radius 3 is 2.41 bits per heavy atom. The topological polar surface area (TPSA) is 90.8 Å². The first kappa shape index (κ1) is 23.1. The highest BCUT2D eigenvalue weighted by molar-refractivity contribution is 7.13. The van der Waals surface area contributed by atoms with E-state index in [4.69, 9.17) is 9.73 Å². The number of para-hydroxylation sites is 1. The van der Waals surface area contributed by atoms with Crippen molar-refractivity contribution in [3.8, 4) is 16.4 Å². The third-order valence-electron chi connectivity index (χ3n) is 6.57. The van der Waals surface area contributed by atoms with Crippen LogP contribution in [-0.2, 0) is 9.53 Å². The molecule has 5 aromatic rings. The predicted octanol–water partition coefficient (Wildman–Crippen LogP) is 5.03. The van der Waals surface area contributed by atoms with Gasteiger partial charge in [-0.05, 0) is 43.0 Å². The summed E-state index contributed by atoms with van der Waals surface area (Å²) < 4.78 is 8.62. The van der Waals surface area contributed by atoms with E-state index in [1.165, 1.54) is 15.7 Å². The molecule has 6 rings (SSSR count). The minimum atomic E-state index is -0.678. The number of carbonyl (C=O) groups excluding carboxylic acids is 1. The van der Waals surface area contributed by atoms with Gasteiger partial charge in [0.2, 0.25) is 0 Å². The predicted molar refractivity (Wildman–Crippen MR) is 143 cm³/mol. The molecule has 184 valence electrons. The van der Waals surface area contributed by atoms with E-state index in [1.807, 2.05) is 85.1 Å². The van der Waals surface area contributed by atoms with E-state index in [0.29, 0.717) is 34.3 Å². The van der Waals surface area contributed by atoms with Crippen LogP contribution in [0.2, 0.25) is 0 Å². The normalized spacial score (nSPS) is 16.9. The molecular formula is C28H23N5O3S. The Morgan fingerprint density at radius 1 is 1.00 bits per heavy atom. The molecule has 37 heavy (non-hydrogen) atoms. The van der Waals surface area contributed by atoms with Crippen molar-refractivity contribution < 1.29 is 9.53 Å². The van der Waals surface area contributed by atoms with Gasteiger partial charge in [0.05, 0.1) is 17.2 Å². The van der Waals surface area contributed by atoms with Crippen molar-refractivity contribution >= 4 is 34.5 Å². The van der Waals surface area contributed by atoms with Gasteiger partial charge < -0.3 is 4.74 Å². The lowest BCUT2D eigenvalue weighted by Gasteiger charge is -2.32. The molecule has 9 heteroatoms. The van der Waals surface area contributed by atoms with Gasteiger partial charge in [0.1, 0.15) is 11.7 Å². The molecule has 0 bridgehead atoms. The van der Waals surface area contributed by atoms with Crippen LogP contribution in [0, 0.1) is 5.92 Å². The maximum absolute atomic E-state index is 14.1.